The normalized spacial score (nSPS) is 13.1. The van der Waals surface area contributed by atoms with Gasteiger partial charge in [0.05, 0.1) is 11.4 Å². The van der Waals surface area contributed by atoms with Gasteiger partial charge in [0, 0.05) is 26.5 Å². The van der Waals surface area contributed by atoms with Crippen molar-refractivity contribution in [2.45, 2.75) is 24.8 Å². The van der Waals surface area contributed by atoms with Gasteiger partial charge in [-0.3, -0.25) is 4.68 Å². The number of nitrogens with one attached hydrogen (secondary N) is 1. The molecule has 0 fully saturated rings. The number of aromatic nitrogens is 4. The van der Waals surface area contributed by atoms with Gasteiger partial charge in [-0.15, -0.1) is 0 Å². The highest BCUT2D eigenvalue weighted by Gasteiger charge is 2.30. The van der Waals surface area contributed by atoms with Crippen molar-refractivity contribution in [2.24, 2.45) is 14.1 Å². The van der Waals surface area contributed by atoms with Crippen molar-refractivity contribution in [1.29, 1.82) is 0 Å². The molecule has 0 aliphatic rings. The van der Waals surface area contributed by atoms with E-state index in [1.165, 1.54) is 16.8 Å². The zero-order chi connectivity index (χ0) is 19.1. The number of sulfonamides is 1. The Morgan fingerprint density at radius 1 is 1.15 bits per heavy atom. The molecule has 3 aromatic rings. The third-order valence-corrected chi connectivity index (χ3v) is 5.98. The third kappa shape index (κ3) is 3.27. The lowest BCUT2D eigenvalue weighted by Gasteiger charge is -2.19. The van der Waals surface area contributed by atoms with E-state index in [2.05, 4.69) is 14.8 Å². The van der Waals surface area contributed by atoms with E-state index in [-0.39, 0.29) is 4.90 Å². The number of benzene rings is 1. The monoisotopic (exact) mass is 377 g/mol. The number of halogens is 1. The van der Waals surface area contributed by atoms with Gasteiger partial charge in [0.1, 0.15) is 22.6 Å². The zero-order valence-electron chi connectivity index (χ0n) is 14.9. The molecule has 26 heavy (non-hydrogen) atoms. The minimum Gasteiger partial charge on any atom is -0.336 e. The van der Waals surface area contributed by atoms with E-state index in [1.807, 2.05) is 0 Å². The molecule has 2 heterocycles. The molecule has 0 spiro atoms. The Balaban J connectivity index is 2.08. The Bertz CT molecular complexity index is 1040. The Morgan fingerprint density at radius 2 is 1.81 bits per heavy atom. The standard InChI is InChI=1S/C17H20FN5O2S/c1-11-16(12(2)23(4)20-11)26(24,25)21-15(17-19-9-10-22(17)3)13-5-7-14(18)8-6-13/h5-10,15,21H,1-4H3. The van der Waals surface area contributed by atoms with Crippen molar-refractivity contribution in [3.63, 3.8) is 0 Å². The minimum atomic E-state index is -3.88. The lowest BCUT2D eigenvalue weighted by atomic mass is 10.1. The van der Waals surface area contributed by atoms with Crippen LogP contribution in [0.2, 0.25) is 0 Å². The molecule has 1 atom stereocenters. The molecular formula is C17H20FN5O2S. The third-order valence-electron chi connectivity index (χ3n) is 4.30. The van der Waals surface area contributed by atoms with Crippen LogP contribution in [0.3, 0.4) is 0 Å². The van der Waals surface area contributed by atoms with Crippen LogP contribution in [0.5, 0.6) is 0 Å². The van der Waals surface area contributed by atoms with Gasteiger partial charge < -0.3 is 4.57 Å². The molecule has 0 bridgehead atoms. The van der Waals surface area contributed by atoms with E-state index in [0.717, 1.165) is 0 Å². The molecule has 1 aromatic carbocycles. The highest BCUT2D eigenvalue weighted by atomic mass is 32.2. The number of rotatable bonds is 5. The maximum absolute atomic E-state index is 13.3. The van der Waals surface area contributed by atoms with E-state index in [4.69, 9.17) is 0 Å². The molecule has 0 aliphatic heterocycles. The van der Waals surface area contributed by atoms with Crippen molar-refractivity contribution >= 4 is 10.0 Å². The Hall–Kier alpha value is -2.52. The van der Waals surface area contributed by atoms with Crippen LogP contribution in [0.25, 0.3) is 0 Å². The quantitative estimate of drug-likeness (QED) is 0.737. The van der Waals surface area contributed by atoms with Crippen LogP contribution in [0.1, 0.15) is 28.8 Å². The van der Waals surface area contributed by atoms with Gasteiger partial charge in [0.2, 0.25) is 10.0 Å². The van der Waals surface area contributed by atoms with E-state index in [0.29, 0.717) is 22.8 Å². The molecule has 2 aromatic heterocycles. The minimum absolute atomic E-state index is 0.140. The van der Waals surface area contributed by atoms with Gasteiger partial charge in [0.25, 0.3) is 0 Å². The second kappa shape index (κ2) is 6.65. The molecule has 0 saturated heterocycles. The first-order chi connectivity index (χ1) is 12.2. The van der Waals surface area contributed by atoms with Crippen LogP contribution in [0.4, 0.5) is 4.39 Å². The van der Waals surface area contributed by atoms with Crippen LogP contribution < -0.4 is 4.72 Å². The summed E-state index contributed by atoms with van der Waals surface area (Å²) in [6.45, 7) is 3.34. The molecule has 3 rings (SSSR count). The van der Waals surface area contributed by atoms with Gasteiger partial charge in [-0.05, 0) is 31.5 Å². The molecule has 0 saturated carbocycles. The molecule has 0 radical (unpaired) electrons. The predicted molar refractivity (Wildman–Crippen MR) is 94.5 cm³/mol. The number of aryl methyl sites for hydroxylation is 3. The Labute approximate surface area is 151 Å². The summed E-state index contributed by atoms with van der Waals surface area (Å²) in [5.41, 5.74) is 1.53. The van der Waals surface area contributed by atoms with Gasteiger partial charge >= 0.3 is 0 Å². The maximum atomic E-state index is 13.3. The lowest BCUT2D eigenvalue weighted by molar-refractivity contribution is 0.561. The average molecular weight is 377 g/mol. The molecule has 138 valence electrons. The number of imidazole rings is 1. The first-order valence-electron chi connectivity index (χ1n) is 7.96. The van der Waals surface area contributed by atoms with Crippen LogP contribution in [0, 0.1) is 19.7 Å². The van der Waals surface area contributed by atoms with Crippen LogP contribution >= 0.6 is 0 Å². The molecule has 9 heteroatoms. The fraction of sp³-hybridized carbons (Fsp3) is 0.294. The average Bonchev–Trinajstić information content (AvgIpc) is 3.09. The van der Waals surface area contributed by atoms with Crippen molar-refractivity contribution in [1.82, 2.24) is 24.1 Å². The number of nitrogens with zero attached hydrogens (tertiary/aromatic N) is 4. The SMILES string of the molecule is Cc1nn(C)c(C)c1S(=O)(=O)NC(c1ccc(F)cc1)c1nccn1C. The topological polar surface area (TPSA) is 81.8 Å². The van der Waals surface area contributed by atoms with Gasteiger partial charge in [-0.2, -0.15) is 9.82 Å². The fourth-order valence-electron chi connectivity index (χ4n) is 2.94. The molecular weight excluding hydrogens is 357 g/mol. The van der Waals surface area contributed by atoms with Crippen molar-refractivity contribution < 1.29 is 12.8 Å². The second-order valence-corrected chi connectivity index (χ2v) is 7.78. The summed E-state index contributed by atoms with van der Waals surface area (Å²) in [4.78, 5) is 4.40. The van der Waals surface area contributed by atoms with Crippen molar-refractivity contribution in [3.8, 4) is 0 Å². The summed E-state index contributed by atoms with van der Waals surface area (Å²) in [6, 6.07) is 4.90. The molecule has 1 unspecified atom stereocenters. The highest BCUT2D eigenvalue weighted by molar-refractivity contribution is 7.89. The molecule has 7 nitrogen and oxygen atoms in total. The summed E-state index contributed by atoms with van der Waals surface area (Å²) in [7, 11) is -0.418. The molecule has 0 aliphatic carbocycles. The van der Waals surface area contributed by atoms with Crippen LogP contribution in [-0.2, 0) is 24.1 Å². The van der Waals surface area contributed by atoms with Crippen molar-refractivity contribution in [2.75, 3.05) is 0 Å². The van der Waals surface area contributed by atoms with E-state index >= 15 is 0 Å². The first-order valence-corrected chi connectivity index (χ1v) is 9.44. The number of hydrogen-bond acceptors (Lipinski definition) is 4. The van der Waals surface area contributed by atoms with Gasteiger partial charge in [-0.25, -0.2) is 17.8 Å². The number of hydrogen-bond donors (Lipinski definition) is 1. The fourth-order valence-corrected chi connectivity index (χ4v) is 4.56. The van der Waals surface area contributed by atoms with Gasteiger partial charge in [0.15, 0.2) is 0 Å². The van der Waals surface area contributed by atoms with E-state index in [9.17, 15) is 12.8 Å². The Kier molecular flexibility index (Phi) is 4.68. The summed E-state index contributed by atoms with van der Waals surface area (Å²) < 4.78 is 45.4. The van der Waals surface area contributed by atoms with Crippen LogP contribution in [-0.4, -0.2) is 27.7 Å². The van der Waals surface area contributed by atoms with Crippen molar-refractivity contribution in [3.05, 3.63) is 65.3 Å². The van der Waals surface area contributed by atoms with Gasteiger partial charge in [-0.1, -0.05) is 12.1 Å². The smallest absolute Gasteiger partial charge is 0.245 e. The van der Waals surface area contributed by atoms with E-state index < -0.39 is 21.9 Å². The molecule has 1 N–H and O–H groups in total. The largest absolute Gasteiger partial charge is 0.336 e. The lowest BCUT2D eigenvalue weighted by Crippen LogP contribution is -2.31. The predicted octanol–water partition coefficient (Wildman–Crippen LogP) is 1.98. The summed E-state index contributed by atoms with van der Waals surface area (Å²) in [5, 5.41) is 4.18. The second-order valence-electron chi connectivity index (χ2n) is 6.13. The summed E-state index contributed by atoms with van der Waals surface area (Å²) >= 11 is 0. The summed E-state index contributed by atoms with van der Waals surface area (Å²) in [6.07, 6.45) is 3.31. The highest BCUT2D eigenvalue weighted by Crippen LogP contribution is 2.26. The maximum Gasteiger partial charge on any atom is 0.245 e. The Morgan fingerprint density at radius 3 is 2.31 bits per heavy atom. The van der Waals surface area contributed by atoms with Crippen LogP contribution in [0.15, 0.2) is 41.6 Å². The molecule has 0 amide bonds. The first kappa shape index (κ1) is 18.3. The summed E-state index contributed by atoms with van der Waals surface area (Å²) in [5.74, 6) is 0.105. The zero-order valence-corrected chi connectivity index (χ0v) is 15.7. The van der Waals surface area contributed by atoms with E-state index in [1.54, 1.807) is 57.0 Å².